The van der Waals surface area contributed by atoms with Gasteiger partial charge in [0.25, 0.3) is 5.91 Å². The van der Waals surface area contributed by atoms with E-state index in [9.17, 15) is 9.59 Å². The van der Waals surface area contributed by atoms with Crippen LogP contribution in [0.3, 0.4) is 0 Å². The Labute approximate surface area is 179 Å². The normalized spacial score (nSPS) is 10.5. The number of carbonyl (C=O) groups excluding carboxylic acids is 2. The van der Waals surface area contributed by atoms with Crippen LogP contribution in [0, 0.1) is 0 Å². The molecule has 2 aromatic rings. The Hall–Kier alpha value is -2.82. The average Bonchev–Trinajstić information content (AvgIpc) is 2.77. The van der Waals surface area contributed by atoms with Gasteiger partial charge < -0.3 is 14.8 Å². The van der Waals surface area contributed by atoms with E-state index in [1.807, 2.05) is 25.1 Å². The first-order valence-corrected chi connectivity index (χ1v) is 11.0. The lowest BCUT2D eigenvalue weighted by atomic mass is 10.1. The van der Waals surface area contributed by atoms with Crippen molar-refractivity contribution in [3.8, 4) is 5.75 Å². The molecule has 0 spiro atoms. The average molecular weight is 412 g/mol. The molecule has 5 heteroatoms. The third kappa shape index (κ3) is 7.90. The highest BCUT2D eigenvalue weighted by molar-refractivity contribution is 6.06. The van der Waals surface area contributed by atoms with Gasteiger partial charge in [-0.05, 0) is 43.2 Å². The maximum atomic E-state index is 12.8. The third-order valence-corrected chi connectivity index (χ3v) is 4.68. The topological polar surface area (TPSA) is 64.6 Å². The number of benzene rings is 2. The van der Waals surface area contributed by atoms with Gasteiger partial charge in [-0.25, -0.2) is 4.79 Å². The summed E-state index contributed by atoms with van der Waals surface area (Å²) < 4.78 is 11.0. The zero-order valence-corrected chi connectivity index (χ0v) is 18.1. The van der Waals surface area contributed by atoms with Crippen molar-refractivity contribution in [1.29, 1.82) is 0 Å². The maximum absolute atomic E-state index is 12.8. The van der Waals surface area contributed by atoms with Gasteiger partial charge in [-0.1, -0.05) is 64.2 Å². The molecule has 1 amide bonds. The van der Waals surface area contributed by atoms with Crippen LogP contribution >= 0.6 is 0 Å². The molecule has 0 saturated heterocycles. The Kier molecular flexibility index (Phi) is 10.5. The van der Waals surface area contributed by atoms with Crippen molar-refractivity contribution in [2.24, 2.45) is 0 Å². The molecule has 0 aliphatic heterocycles. The highest BCUT2D eigenvalue weighted by Gasteiger charge is 2.14. The summed E-state index contributed by atoms with van der Waals surface area (Å²) in [4.78, 5) is 24.8. The molecule has 5 nitrogen and oxygen atoms in total. The predicted octanol–water partition coefficient (Wildman–Crippen LogP) is 6.25. The van der Waals surface area contributed by atoms with E-state index in [0.29, 0.717) is 35.8 Å². The minimum Gasteiger partial charge on any atom is -0.493 e. The summed E-state index contributed by atoms with van der Waals surface area (Å²) in [5.41, 5.74) is 1.42. The molecule has 30 heavy (non-hydrogen) atoms. The molecule has 0 fully saturated rings. The SMILES string of the molecule is CCCCCCCCOc1ccccc1C(=O)Nc1cccc(C(=O)OCCC)c1. The Morgan fingerprint density at radius 3 is 2.40 bits per heavy atom. The summed E-state index contributed by atoms with van der Waals surface area (Å²) in [5, 5.41) is 2.85. The monoisotopic (exact) mass is 411 g/mol. The summed E-state index contributed by atoms with van der Waals surface area (Å²) in [6.07, 6.45) is 7.87. The Bertz CT molecular complexity index is 803. The first-order valence-electron chi connectivity index (χ1n) is 11.0. The molecule has 0 heterocycles. The van der Waals surface area contributed by atoms with Gasteiger partial charge in [0.1, 0.15) is 5.75 Å². The fourth-order valence-corrected chi connectivity index (χ4v) is 3.05. The molecule has 0 atom stereocenters. The molecule has 0 aliphatic carbocycles. The fourth-order valence-electron chi connectivity index (χ4n) is 3.05. The van der Waals surface area contributed by atoms with Crippen molar-refractivity contribution in [2.75, 3.05) is 18.5 Å². The van der Waals surface area contributed by atoms with Crippen molar-refractivity contribution in [2.45, 2.75) is 58.8 Å². The summed E-state index contributed by atoms with van der Waals surface area (Å²) in [6.45, 7) is 5.11. The molecule has 0 saturated carbocycles. The van der Waals surface area contributed by atoms with Crippen LogP contribution in [0.15, 0.2) is 48.5 Å². The Balaban J connectivity index is 1.93. The molecule has 0 aliphatic rings. The van der Waals surface area contributed by atoms with Crippen LogP contribution < -0.4 is 10.1 Å². The minimum atomic E-state index is -0.393. The van der Waals surface area contributed by atoms with Crippen LogP contribution in [0.1, 0.15) is 79.5 Å². The lowest BCUT2D eigenvalue weighted by Gasteiger charge is -2.12. The number of amides is 1. The van der Waals surface area contributed by atoms with Crippen LogP contribution in [-0.4, -0.2) is 25.1 Å². The summed E-state index contributed by atoms with van der Waals surface area (Å²) in [7, 11) is 0. The standard InChI is InChI=1S/C25H33NO4/c1-3-5-6-7-8-11-18-29-23-16-10-9-15-22(23)24(27)26-21-14-12-13-20(19-21)25(28)30-17-4-2/h9-10,12-16,19H,3-8,11,17-18H2,1-2H3,(H,26,27). The van der Waals surface area contributed by atoms with Gasteiger partial charge in [0.05, 0.1) is 24.3 Å². The number of anilines is 1. The van der Waals surface area contributed by atoms with E-state index >= 15 is 0 Å². The van der Waals surface area contributed by atoms with Crippen LogP contribution in [0.5, 0.6) is 5.75 Å². The van der Waals surface area contributed by atoms with Crippen LogP contribution in [-0.2, 0) is 4.74 Å². The van der Waals surface area contributed by atoms with Crippen LogP contribution in [0.2, 0.25) is 0 Å². The largest absolute Gasteiger partial charge is 0.493 e. The predicted molar refractivity (Wildman–Crippen MR) is 120 cm³/mol. The van der Waals surface area contributed by atoms with Gasteiger partial charge in [-0.2, -0.15) is 0 Å². The molecule has 162 valence electrons. The quantitative estimate of drug-likeness (QED) is 0.313. The third-order valence-electron chi connectivity index (χ3n) is 4.68. The van der Waals surface area contributed by atoms with Crippen molar-refractivity contribution < 1.29 is 19.1 Å². The Morgan fingerprint density at radius 1 is 0.833 bits per heavy atom. The fraction of sp³-hybridized carbons (Fsp3) is 0.440. The van der Waals surface area contributed by atoms with Crippen molar-refractivity contribution >= 4 is 17.6 Å². The van der Waals surface area contributed by atoms with Gasteiger partial charge in [0.2, 0.25) is 0 Å². The number of esters is 1. The number of rotatable bonds is 13. The molecule has 1 N–H and O–H groups in total. The van der Waals surface area contributed by atoms with Gasteiger partial charge in [-0.3, -0.25) is 4.79 Å². The van der Waals surface area contributed by atoms with Gasteiger partial charge in [-0.15, -0.1) is 0 Å². The van der Waals surface area contributed by atoms with Gasteiger partial charge >= 0.3 is 5.97 Å². The van der Waals surface area contributed by atoms with E-state index in [0.717, 1.165) is 19.3 Å². The highest BCUT2D eigenvalue weighted by atomic mass is 16.5. The minimum absolute atomic E-state index is 0.271. The van der Waals surface area contributed by atoms with Gasteiger partial charge in [0, 0.05) is 5.69 Å². The van der Waals surface area contributed by atoms with Crippen LogP contribution in [0.25, 0.3) is 0 Å². The second-order valence-corrected chi connectivity index (χ2v) is 7.28. The number of ether oxygens (including phenoxy) is 2. The van der Waals surface area contributed by atoms with E-state index in [1.54, 1.807) is 30.3 Å². The Morgan fingerprint density at radius 2 is 1.60 bits per heavy atom. The highest BCUT2D eigenvalue weighted by Crippen LogP contribution is 2.21. The van der Waals surface area contributed by atoms with Crippen LogP contribution in [0.4, 0.5) is 5.69 Å². The number of carbonyl (C=O) groups is 2. The second kappa shape index (κ2) is 13.4. The lowest BCUT2D eigenvalue weighted by molar-refractivity contribution is 0.0505. The molecular weight excluding hydrogens is 378 g/mol. The first-order chi connectivity index (χ1) is 14.7. The number of nitrogens with one attached hydrogen (secondary N) is 1. The van der Waals surface area contributed by atoms with E-state index in [-0.39, 0.29) is 5.91 Å². The molecule has 0 aromatic heterocycles. The van der Waals surface area contributed by atoms with E-state index < -0.39 is 5.97 Å². The molecule has 0 radical (unpaired) electrons. The zero-order chi connectivity index (χ0) is 21.6. The number of unbranched alkanes of at least 4 members (excludes halogenated alkanes) is 5. The lowest BCUT2D eigenvalue weighted by Crippen LogP contribution is -2.14. The zero-order valence-electron chi connectivity index (χ0n) is 18.1. The summed E-state index contributed by atoms with van der Waals surface area (Å²) in [6, 6.07) is 14.0. The first kappa shape index (κ1) is 23.5. The molecular formula is C25H33NO4. The maximum Gasteiger partial charge on any atom is 0.338 e. The number of para-hydroxylation sites is 1. The molecule has 0 unspecified atom stereocenters. The smallest absolute Gasteiger partial charge is 0.338 e. The van der Waals surface area contributed by atoms with Crippen molar-refractivity contribution in [3.05, 3.63) is 59.7 Å². The van der Waals surface area contributed by atoms with E-state index in [1.165, 1.54) is 25.7 Å². The van der Waals surface area contributed by atoms with Crippen molar-refractivity contribution in [3.63, 3.8) is 0 Å². The van der Waals surface area contributed by atoms with E-state index in [2.05, 4.69) is 12.2 Å². The second-order valence-electron chi connectivity index (χ2n) is 7.28. The summed E-state index contributed by atoms with van der Waals surface area (Å²) >= 11 is 0. The van der Waals surface area contributed by atoms with Crippen molar-refractivity contribution in [1.82, 2.24) is 0 Å². The summed E-state index contributed by atoms with van der Waals surface area (Å²) in [5.74, 6) is -0.0923. The molecule has 2 aromatic carbocycles. The number of hydrogen-bond acceptors (Lipinski definition) is 4. The van der Waals surface area contributed by atoms with E-state index in [4.69, 9.17) is 9.47 Å². The number of hydrogen-bond donors (Lipinski definition) is 1. The van der Waals surface area contributed by atoms with Gasteiger partial charge in [0.15, 0.2) is 0 Å². The molecule has 2 rings (SSSR count). The molecule has 0 bridgehead atoms.